The second kappa shape index (κ2) is 9.55. The van der Waals surface area contributed by atoms with Crippen molar-refractivity contribution in [1.82, 2.24) is 15.0 Å². The lowest BCUT2D eigenvalue weighted by atomic mass is 10.2. The van der Waals surface area contributed by atoms with Crippen molar-refractivity contribution in [2.75, 3.05) is 74.9 Å². The van der Waals surface area contributed by atoms with Gasteiger partial charge in [0.25, 0.3) is 0 Å². The molecule has 0 aliphatic carbocycles. The second-order valence-corrected chi connectivity index (χ2v) is 6.76. The third-order valence-electron chi connectivity index (χ3n) is 4.78. The minimum Gasteiger partial charge on any atom is -0.504 e. The fraction of sp³-hybridized carbons (Fsp3) is 0.474. The van der Waals surface area contributed by atoms with Gasteiger partial charge in [-0.25, -0.2) is 5.43 Å². The van der Waals surface area contributed by atoms with Crippen LogP contribution < -0.4 is 20.0 Å². The molecule has 1 aromatic heterocycles. The van der Waals surface area contributed by atoms with Crippen LogP contribution in [0.25, 0.3) is 0 Å². The SMILES string of the molecule is COc1cc(/C=N\Nc2nc(N3CCOCC3)nc(N3CCOCC3)n2)ccc1O. The van der Waals surface area contributed by atoms with E-state index in [1.807, 2.05) is 0 Å². The largest absolute Gasteiger partial charge is 0.504 e. The molecule has 0 bridgehead atoms. The Kier molecular flexibility index (Phi) is 6.40. The van der Waals surface area contributed by atoms with Gasteiger partial charge in [-0.3, -0.25) is 0 Å². The molecule has 0 radical (unpaired) electrons. The van der Waals surface area contributed by atoms with E-state index >= 15 is 0 Å². The Balaban J connectivity index is 1.54. The van der Waals surface area contributed by atoms with Crippen molar-refractivity contribution in [3.8, 4) is 11.5 Å². The van der Waals surface area contributed by atoms with Gasteiger partial charge in [0.05, 0.1) is 39.8 Å². The summed E-state index contributed by atoms with van der Waals surface area (Å²) < 4.78 is 16.0. The van der Waals surface area contributed by atoms with E-state index in [0.717, 1.165) is 31.7 Å². The standard InChI is InChI=1S/C19H25N7O4/c1-28-16-12-14(2-3-15(16)27)13-20-24-17-21-18(25-4-8-29-9-5-25)23-19(22-17)26-6-10-30-11-7-26/h2-3,12-13,27H,4-11H2,1H3,(H,21,22,23,24)/b20-13-. The summed E-state index contributed by atoms with van der Waals surface area (Å²) in [5.74, 6) is 2.00. The molecule has 160 valence electrons. The van der Waals surface area contributed by atoms with E-state index in [1.54, 1.807) is 24.4 Å². The minimum atomic E-state index is 0.0744. The number of phenolic OH excluding ortho intramolecular Hbond substituents is 1. The zero-order chi connectivity index (χ0) is 20.8. The summed E-state index contributed by atoms with van der Waals surface area (Å²) >= 11 is 0. The monoisotopic (exact) mass is 415 g/mol. The lowest BCUT2D eigenvalue weighted by Crippen LogP contribution is -2.40. The van der Waals surface area contributed by atoms with Crippen molar-refractivity contribution in [2.24, 2.45) is 5.10 Å². The minimum absolute atomic E-state index is 0.0744. The van der Waals surface area contributed by atoms with Crippen molar-refractivity contribution >= 4 is 24.1 Å². The van der Waals surface area contributed by atoms with Crippen LogP contribution in [0, 0.1) is 0 Å². The van der Waals surface area contributed by atoms with E-state index in [1.165, 1.54) is 7.11 Å². The third-order valence-corrected chi connectivity index (χ3v) is 4.78. The van der Waals surface area contributed by atoms with Gasteiger partial charge in [-0.15, -0.1) is 0 Å². The van der Waals surface area contributed by atoms with Gasteiger partial charge in [0.2, 0.25) is 17.8 Å². The van der Waals surface area contributed by atoms with E-state index in [0.29, 0.717) is 50.0 Å². The number of ether oxygens (including phenoxy) is 3. The van der Waals surface area contributed by atoms with E-state index in [2.05, 4.69) is 35.3 Å². The Hall–Kier alpha value is -3.18. The van der Waals surface area contributed by atoms with E-state index < -0.39 is 0 Å². The van der Waals surface area contributed by atoms with Gasteiger partial charge < -0.3 is 29.1 Å². The first-order valence-corrected chi connectivity index (χ1v) is 9.80. The Morgan fingerprint density at radius 1 is 1.00 bits per heavy atom. The van der Waals surface area contributed by atoms with Crippen LogP contribution in [-0.4, -0.2) is 86.0 Å². The number of rotatable bonds is 6. The Labute approximate surface area is 174 Å². The number of phenols is 1. The van der Waals surface area contributed by atoms with Crippen molar-refractivity contribution in [1.29, 1.82) is 0 Å². The molecule has 0 spiro atoms. The molecule has 11 nitrogen and oxygen atoms in total. The van der Waals surface area contributed by atoms with E-state index in [9.17, 15) is 5.11 Å². The summed E-state index contributed by atoms with van der Waals surface area (Å²) in [5.41, 5.74) is 3.65. The lowest BCUT2D eigenvalue weighted by Gasteiger charge is -2.30. The maximum atomic E-state index is 9.71. The highest BCUT2D eigenvalue weighted by Crippen LogP contribution is 2.25. The summed E-state index contributed by atoms with van der Waals surface area (Å²) in [4.78, 5) is 17.9. The van der Waals surface area contributed by atoms with Gasteiger partial charge in [0.15, 0.2) is 11.5 Å². The molecule has 2 fully saturated rings. The van der Waals surface area contributed by atoms with E-state index in [-0.39, 0.29) is 5.75 Å². The molecule has 0 amide bonds. The van der Waals surface area contributed by atoms with Gasteiger partial charge in [-0.2, -0.15) is 20.1 Å². The lowest BCUT2D eigenvalue weighted by molar-refractivity contribution is 0.121. The normalized spacial score (nSPS) is 17.4. The molecule has 11 heteroatoms. The summed E-state index contributed by atoms with van der Waals surface area (Å²) in [6.07, 6.45) is 1.61. The van der Waals surface area contributed by atoms with Crippen LogP contribution in [0.1, 0.15) is 5.56 Å². The molecule has 2 aliphatic rings. The number of aromatic hydroxyl groups is 1. The second-order valence-electron chi connectivity index (χ2n) is 6.76. The maximum Gasteiger partial charge on any atom is 0.250 e. The number of aromatic nitrogens is 3. The number of hydrogen-bond acceptors (Lipinski definition) is 11. The number of morpholine rings is 2. The fourth-order valence-corrected chi connectivity index (χ4v) is 3.15. The molecular weight excluding hydrogens is 390 g/mol. The molecule has 2 N–H and O–H groups in total. The van der Waals surface area contributed by atoms with Crippen LogP contribution in [0.3, 0.4) is 0 Å². The number of benzene rings is 1. The Morgan fingerprint density at radius 3 is 2.17 bits per heavy atom. The Bertz CT molecular complexity index is 847. The number of nitrogens with zero attached hydrogens (tertiary/aromatic N) is 6. The first-order chi connectivity index (χ1) is 14.7. The van der Waals surface area contributed by atoms with Gasteiger partial charge in [-0.1, -0.05) is 0 Å². The van der Waals surface area contributed by atoms with Crippen molar-refractivity contribution in [3.63, 3.8) is 0 Å². The Morgan fingerprint density at radius 2 is 1.60 bits per heavy atom. The molecule has 30 heavy (non-hydrogen) atoms. The molecular formula is C19H25N7O4. The molecule has 0 saturated carbocycles. The zero-order valence-electron chi connectivity index (χ0n) is 16.8. The highest BCUT2D eigenvalue weighted by atomic mass is 16.5. The first kappa shape index (κ1) is 20.1. The molecule has 3 heterocycles. The molecule has 1 aromatic carbocycles. The van der Waals surface area contributed by atoms with Crippen LogP contribution in [0.15, 0.2) is 23.3 Å². The molecule has 2 aromatic rings. The number of hydrogen-bond donors (Lipinski definition) is 2. The van der Waals surface area contributed by atoms with Crippen LogP contribution in [0.2, 0.25) is 0 Å². The maximum absolute atomic E-state index is 9.71. The average molecular weight is 415 g/mol. The molecule has 4 rings (SSSR count). The van der Waals surface area contributed by atoms with Crippen LogP contribution in [0.5, 0.6) is 11.5 Å². The van der Waals surface area contributed by atoms with Crippen molar-refractivity contribution in [3.05, 3.63) is 23.8 Å². The summed E-state index contributed by atoms with van der Waals surface area (Å²) in [6, 6.07) is 4.97. The van der Waals surface area contributed by atoms with Gasteiger partial charge in [-0.05, 0) is 23.8 Å². The fourth-order valence-electron chi connectivity index (χ4n) is 3.15. The highest BCUT2D eigenvalue weighted by molar-refractivity contribution is 5.81. The summed E-state index contributed by atoms with van der Waals surface area (Å²) in [7, 11) is 1.50. The topological polar surface area (TPSA) is 117 Å². The number of anilines is 3. The predicted molar refractivity (Wildman–Crippen MR) is 112 cm³/mol. The van der Waals surface area contributed by atoms with E-state index in [4.69, 9.17) is 14.2 Å². The quantitative estimate of drug-likeness (QED) is 0.516. The average Bonchev–Trinajstić information content (AvgIpc) is 2.81. The molecule has 0 unspecified atom stereocenters. The molecule has 0 atom stereocenters. The van der Waals surface area contributed by atoms with Gasteiger partial charge in [0, 0.05) is 26.2 Å². The first-order valence-electron chi connectivity index (χ1n) is 9.80. The van der Waals surface area contributed by atoms with Crippen molar-refractivity contribution in [2.45, 2.75) is 0 Å². The predicted octanol–water partition coefficient (Wildman–Crippen LogP) is 0.705. The smallest absolute Gasteiger partial charge is 0.250 e. The van der Waals surface area contributed by atoms with Crippen LogP contribution in [-0.2, 0) is 9.47 Å². The van der Waals surface area contributed by atoms with Gasteiger partial charge in [0.1, 0.15) is 0 Å². The van der Waals surface area contributed by atoms with Crippen LogP contribution >= 0.6 is 0 Å². The molecule has 2 saturated heterocycles. The zero-order valence-corrected chi connectivity index (χ0v) is 16.8. The molecule has 2 aliphatic heterocycles. The number of methoxy groups -OCH3 is 1. The summed E-state index contributed by atoms with van der Waals surface area (Å²) in [5, 5.41) is 13.9. The third kappa shape index (κ3) is 4.86. The number of nitrogens with one attached hydrogen (secondary N) is 1. The van der Waals surface area contributed by atoms with Crippen LogP contribution in [0.4, 0.5) is 17.8 Å². The highest BCUT2D eigenvalue weighted by Gasteiger charge is 2.20. The van der Waals surface area contributed by atoms with Crippen molar-refractivity contribution < 1.29 is 19.3 Å². The summed E-state index contributed by atoms with van der Waals surface area (Å²) in [6.45, 7) is 5.46. The number of hydrazone groups is 1. The van der Waals surface area contributed by atoms with Gasteiger partial charge >= 0.3 is 0 Å².